The van der Waals surface area contributed by atoms with E-state index in [9.17, 15) is 9.59 Å². The van der Waals surface area contributed by atoms with Gasteiger partial charge in [0.2, 0.25) is 5.91 Å². The molecule has 2 atom stereocenters. The van der Waals surface area contributed by atoms with Crippen molar-refractivity contribution in [2.75, 3.05) is 27.2 Å². The molecule has 1 amide bonds. The molecule has 0 spiro atoms. The van der Waals surface area contributed by atoms with Crippen LogP contribution in [0.25, 0.3) is 10.9 Å². The van der Waals surface area contributed by atoms with Crippen molar-refractivity contribution in [2.45, 2.75) is 64.6 Å². The Hall–Kier alpha value is -2.42. The first kappa shape index (κ1) is 25.2. The molecule has 1 unspecified atom stereocenters. The predicted molar refractivity (Wildman–Crippen MR) is 129 cm³/mol. The highest BCUT2D eigenvalue weighted by Gasteiger charge is 2.37. The van der Waals surface area contributed by atoms with Gasteiger partial charge in [0.25, 0.3) is 0 Å². The van der Waals surface area contributed by atoms with Crippen molar-refractivity contribution < 1.29 is 19.1 Å². The highest BCUT2D eigenvalue weighted by molar-refractivity contribution is 6.00. The lowest BCUT2D eigenvalue weighted by Crippen LogP contribution is -2.36. The molecular formula is C25H38N4O4. The van der Waals surface area contributed by atoms with E-state index < -0.39 is 5.92 Å². The quantitative estimate of drug-likeness (QED) is 0.259. The normalized spacial score (nSPS) is 18.1. The minimum atomic E-state index is -0.392. The molecule has 1 aliphatic carbocycles. The number of hydrazine groups is 1. The summed E-state index contributed by atoms with van der Waals surface area (Å²) < 4.78 is 13.7. The molecule has 0 saturated heterocycles. The standard InChI is InChI=1S/C25H38N4O4/c1-7-32-20-11-10-18(24(30)27-26)21-19-14-17(25(31)33-15(2)3)13-16(9-8-12-28(4)5)22(19)29(6)23(20)21/h13-15,18,20H,7-12,26H2,1-6H3,(H,27,30)/t18?,20-/m0/s1. The molecule has 0 aliphatic heterocycles. The third kappa shape index (κ3) is 5.23. The number of esters is 1. The highest BCUT2D eigenvalue weighted by Crippen LogP contribution is 2.45. The Balaban J connectivity index is 2.25. The molecule has 3 N–H and O–H groups in total. The van der Waals surface area contributed by atoms with Gasteiger partial charge < -0.3 is 18.9 Å². The van der Waals surface area contributed by atoms with E-state index in [1.165, 1.54) is 0 Å². The molecule has 1 aliphatic rings. The summed E-state index contributed by atoms with van der Waals surface area (Å²) in [6, 6.07) is 3.82. The van der Waals surface area contributed by atoms with Crippen LogP contribution in [-0.4, -0.2) is 54.7 Å². The SMILES string of the molecule is CCO[C@H]1CCC(C(=O)NN)c2c1n(C)c1c(CCCN(C)C)cc(C(=O)OC(C)C)cc21. The zero-order valence-corrected chi connectivity index (χ0v) is 20.7. The van der Waals surface area contributed by atoms with Crippen LogP contribution in [0.4, 0.5) is 0 Å². The van der Waals surface area contributed by atoms with Crippen molar-refractivity contribution in [1.82, 2.24) is 14.9 Å². The van der Waals surface area contributed by atoms with Crippen molar-refractivity contribution in [3.05, 3.63) is 34.5 Å². The molecular weight excluding hydrogens is 420 g/mol. The predicted octanol–water partition coefficient (Wildman–Crippen LogP) is 3.18. The Morgan fingerprint density at radius 1 is 1.27 bits per heavy atom. The van der Waals surface area contributed by atoms with Gasteiger partial charge in [0.05, 0.1) is 34.9 Å². The van der Waals surface area contributed by atoms with Gasteiger partial charge >= 0.3 is 5.97 Å². The lowest BCUT2D eigenvalue weighted by molar-refractivity contribution is -0.123. The number of rotatable bonds is 9. The van der Waals surface area contributed by atoms with E-state index in [0.717, 1.165) is 53.5 Å². The maximum absolute atomic E-state index is 12.9. The van der Waals surface area contributed by atoms with Gasteiger partial charge in [-0.05, 0) is 90.4 Å². The summed E-state index contributed by atoms with van der Waals surface area (Å²) in [5.41, 5.74) is 6.87. The number of amides is 1. The molecule has 0 bridgehead atoms. The number of nitrogens with one attached hydrogen (secondary N) is 1. The Bertz CT molecular complexity index is 1010. The minimum Gasteiger partial charge on any atom is -0.459 e. The molecule has 1 aromatic heterocycles. The minimum absolute atomic E-state index is 0.107. The summed E-state index contributed by atoms with van der Waals surface area (Å²) in [4.78, 5) is 27.8. The summed E-state index contributed by atoms with van der Waals surface area (Å²) >= 11 is 0. The second-order valence-electron chi connectivity index (χ2n) is 9.33. The number of fused-ring (bicyclic) bond motifs is 3. The first-order valence-corrected chi connectivity index (χ1v) is 11.8. The number of hydrogen-bond donors (Lipinski definition) is 2. The number of ether oxygens (including phenoxy) is 2. The molecule has 3 rings (SSSR count). The van der Waals surface area contributed by atoms with Gasteiger partial charge in [-0.15, -0.1) is 0 Å². The topological polar surface area (TPSA) is 98.8 Å². The van der Waals surface area contributed by atoms with E-state index in [-0.39, 0.29) is 24.1 Å². The number of aromatic nitrogens is 1. The lowest BCUT2D eigenvalue weighted by Gasteiger charge is -2.29. The van der Waals surface area contributed by atoms with Crippen LogP contribution in [0.5, 0.6) is 0 Å². The van der Waals surface area contributed by atoms with Crippen molar-refractivity contribution in [3.8, 4) is 0 Å². The Kier molecular flexibility index (Phi) is 8.15. The van der Waals surface area contributed by atoms with E-state index in [2.05, 4.69) is 29.0 Å². The molecule has 8 heteroatoms. The second-order valence-corrected chi connectivity index (χ2v) is 9.33. The second kappa shape index (κ2) is 10.7. The van der Waals surface area contributed by atoms with Crippen LogP contribution in [0.2, 0.25) is 0 Å². The highest BCUT2D eigenvalue weighted by atomic mass is 16.5. The van der Waals surface area contributed by atoms with Crippen molar-refractivity contribution in [1.29, 1.82) is 0 Å². The van der Waals surface area contributed by atoms with Crippen LogP contribution in [-0.2, 0) is 27.7 Å². The number of benzene rings is 1. The van der Waals surface area contributed by atoms with Gasteiger partial charge in [-0.2, -0.15) is 0 Å². The molecule has 0 saturated carbocycles. The average Bonchev–Trinajstić information content (AvgIpc) is 3.06. The summed E-state index contributed by atoms with van der Waals surface area (Å²) in [5.74, 6) is 4.58. The monoisotopic (exact) mass is 458 g/mol. The van der Waals surface area contributed by atoms with E-state index >= 15 is 0 Å². The maximum atomic E-state index is 12.9. The average molecular weight is 459 g/mol. The van der Waals surface area contributed by atoms with Gasteiger partial charge in [-0.25, -0.2) is 10.6 Å². The van der Waals surface area contributed by atoms with Crippen molar-refractivity contribution in [2.24, 2.45) is 12.9 Å². The molecule has 1 heterocycles. The third-order valence-corrected chi connectivity index (χ3v) is 6.28. The molecule has 2 aromatic rings. The van der Waals surface area contributed by atoms with Crippen molar-refractivity contribution in [3.63, 3.8) is 0 Å². The zero-order valence-electron chi connectivity index (χ0n) is 20.7. The fourth-order valence-corrected chi connectivity index (χ4v) is 4.99. The molecule has 1 aromatic carbocycles. The van der Waals surface area contributed by atoms with E-state index in [4.69, 9.17) is 15.3 Å². The fourth-order valence-electron chi connectivity index (χ4n) is 4.99. The Morgan fingerprint density at radius 3 is 2.61 bits per heavy atom. The zero-order chi connectivity index (χ0) is 24.3. The van der Waals surface area contributed by atoms with Crippen LogP contribution in [0.3, 0.4) is 0 Å². The molecule has 0 fully saturated rings. The number of carbonyl (C=O) groups is 2. The fraction of sp³-hybridized carbons (Fsp3) is 0.600. The number of nitrogens with two attached hydrogens (primary N) is 1. The number of carbonyl (C=O) groups excluding carboxylic acids is 2. The Morgan fingerprint density at radius 2 is 2.00 bits per heavy atom. The maximum Gasteiger partial charge on any atom is 0.338 e. The van der Waals surface area contributed by atoms with Crippen LogP contribution >= 0.6 is 0 Å². The van der Waals surface area contributed by atoms with Gasteiger partial charge in [0.1, 0.15) is 0 Å². The number of hydrogen-bond acceptors (Lipinski definition) is 6. The van der Waals surface area contributed by atoms with Crippen LogP contribution in [0.15, 0.2) is 12.1 Å². The smallest absolute Gasteiger partial charge is 0.338 e. The van der Waals surface area contributed by atoms with Crippen LogP contribution in [0, 0.1) is 0 Å². The number of nitrogens with zero attached hydrogens (tertiary/aromatic N) is 2. The summed E-state index contributed by atoms with van der Waals surface area (Å²) in [6.45, 7) is 7.18. The van der Waals surface area contributed by atoms with Crippen LogP contribution in [0.1, 0.15) is 79.2 Å². The molecule has 8 nitrogen and oxygen atoms in total. The van der Waals surface area contributed by atoms with Crippen molar-refractivity contribution >= 4 is 22.8 Å². The molecule has 33 heavy (non-hydrogen) atoms. The van der Waals surface area contributed by atoms with Gasteiger partial charge in [-0.1, -0.05) is 0 Å². The molecule has 0 radical (unpaired) electrons. The van der Waals surface area contributed by atoms with Gasteiger partial charge in [-0.3, -0.25) is 10.2 Å². The van der Waals surface area contributed by atoms with E-state index in [1.807, 2.05) is 40.0 Å². The van der Waals surface area contributed by atoms with Crippen LogP contribution < -0.4 is 11.3 Å². The third-order valence-electron chi connectivity index (χ3n) is 6.28. The van der Waals surface area contributed by atoms with Gasteiger partial charge in [0, 0.05) is 19.0 Å². The summed E-state index contributed by atoms with van der Waals surface area (Å²) in [6.07, 6.45) is 2.81. The summed E-state index contributed by atoms with van der Waals surface area (Å²) in [7, 11) is 6.13. The lowest BCUT2D eigenvalue weighted by atomic mass is 9.82. The van der Waals surface area contributed by atoms with E-state index in [1.54, 1.807) is 0 Å². The Labute approximate surface area is 196 Å². The van der Waals surface area contributed by atoms with Gasteiger partial charge in [0.15, 0.2) is 0 Å². The first-order valence-electron chi connectivity index (χ1n) is 11.8. The first-order chi connectivity index (χ1) is 15.7. The molecule has 182 valence electrons. The largest absolute Gasteiger partial charge is 0.459 e. The number of aryl methyl sites for hydroxylation is 2. The van der Waals surface area contributed by atoms with E-state index in [0.29, 0.717) is 18.6 Å². The summed E-state index contributed by atoms with van der Waals surface area (Å²) in [5, 5.41) is 0.906.